The van der Waals surface area contributed by atoms with E-state index in [1.165, 1.54) is 0 Å². The molecule has 0 aromatic heterocycles. The van der Waals surface area contributed by atoms with Crippen LogP contribution in [0.1, 0.15) is 35.3 Å². The number of rotatable bonds is 5. The summed E-state index contributed by atoms with van der Waals surface area (Å²) in [6, 6.07) is 5.72. The fourth-order valence-electron chi connectivity index (χ4n) is 1.78. The number of carboxylic acids is 1. The second-order valence-corrected chi connectivity index (χ2v) is 3.73. The van der Waals surface area contributed by atoms with Crippen LogP contribution in [-0.2, 0) is 17.6 Å². The van der Waals surface area contributed by atoms with Crippen LogP contribution in [0.2, 0.25) is 0 Å². The molecule has 1 aromatic rings. The van der Waals surface area contributed by atoms with Crippen molar-refractivity contribution < 1.29 is 14.7 Å². The van der Waals surface area contributed by atoms with Gasteiger partial charge >= 0.3 is 5.97 Å². The summed E-state index contributed by atoms with van der Waals surface area (Å²) >= 11 is 0. The minimum Gasteiger partial charge on any atom is -0.480 e. The minimum atomic E-state index is -1.04. The van der Waals surface area contributed by atoms with Crippen LogP contribution in [0.4, 0.5) is 0 Å². The van der Waals surface area contributed by atoms with Gasteiger partial charge in [-0.15, -0.1) is 0 Å². The van der Waals surface area contributed by atoms with E-state index < -0.39 is 5.97 Å². The van der Waals surface area contributed by atoms with Gasteiger partial charge in [-0.1, -0.05) is 32.0 Å². The van der Waals surface area contributed by atoms with Crippen molar-refractivity contribution in [3.05, 3.63) is 34.9 Å². The van der Waals surface area contributed by atoms with Gasteiger partial charge in [0, 0.05) is 5.56 Å². The first kappa shape index (κ1) is 13.2. The zero-order valence-electron chi connectivity index (χ0n) is 10.1. The molecular weight excluding hydrogens is 218 g/mol. The largest absolute Gasteiger partial charge is 0.480 e. The van der Waals surface area contributed by atoms with Crippen LogP contribution in [-0.4, -0.2) is 23.5 Å². The lowest BCUT2D eigenvalue weighted by atomic mass is 9.97. The summed E-state index contributed by atoms with van der Waals surface area (Å²) in [6.45, 7) is 3.60. The standard InChI is InChI=1S/C13H17NO3/c1-3-9-6-5-7-10(4-2)12(9)13(17)14-8-11(15)16/h5-7H,3-4,8H2,1-2H3,(H,14,17)(H,15,16). The maximum atomic E-state index is 11.9. The van der Waals surface area contributed by atoms with Gasteiger partial charge in [0.25, 0.3) is 5.91 Å². The highest BCUT2D eigenvalue weighted by Gasteiger charge is 2.14. The smallest absolute Gasteiger partial charge is 0.322 e. The lowest BCUT2D eigenvalue weighted by molar-refractivity contribution is -0.135. The summed E-state index contributed by atoms with van der Waals surface area (Å²) in [6.07, 6.45) is 1.51. The number of carbonyl (C=O) groups excluding carboxylic acids is 1. The Balaban J connectivity index is 3.01. The molecule has 0 radical (unpaired) electrons. The van der Waals surface area contributed by atoms with E-state index in [2.05, 4.69) is 5.32 Å². The van der Waals surface area contributed by atoms with Crippen molar-refractivity contribution in [2.45, 2.75) is 26.7 Å². The highest BCUT2D eigenvalue weighted by atomic mass is 16.4. The molecule has 0 saturated heterocycles. The second-order valence-electron chi connectivity index (χ2n) is 3.73. The number of benzene rings is 1. The number of carbonyl (C=O) groups is 2. The Hall–Kier alpha value is -1.84. The zero-order valence-corrected chi connectivity index (χ0v) is 10.1. The first-order valence-electron chi connectivity index (χ1n) is 5.70. The number of amides is 1. The summed E-state index contributed by atoms with van der Waals surface area (Å²) in [7, 11) is 0. The Morgan fingerprint density at radius 3 is 2.12 bits per heavy atom. The van der Waals surface area contributed by atoms with Gasteiger partial charge in [-0.2, -0.15) is 0 Å². The fraction of sp³-hybridized carbons (Fsp3) is 0.385. The van der Waals surface area contributed by atoms with Gasteiger partial charge in [-0.05, 0) is 24.0 Å². The van der Waals surface area contributed by atoms with Gasteiger partial charge in [0.1, 0.15) is 6.54 Å². The molecule has 0 unspecified atom stereocenters. The molecule has 0 heterocycles. The van der Waals surface area contributed by atoms with E-state index in [0.717, 1.165) is 24.0 Å². The van der Waals surface area contributed by atoms with Crippen molar-refractivity contribution in [2.75, 3.05) is 6.54 Å². The van der Waals surface area contributed by atoms with Gasteiger partial charge in [0.05, 0.1) is 0 Å². The Bertz CT molecular complexity index is 404. The van der Waals surface area contributed by atoms with E-state index in [9.17, 15) is 9.59 Å². The third-order valence-corrected chi connectivity index (χ3v) is 2.63. The summed E-state index contributed by atoms with van der Waals surface area (Å²) in [5.74, 6) is -1.34. The first-order chi connectivity index (χ1) is 8.10. The van der Waals surface area contributed by atoms with Crippen molar-refractivity contribution in [1.29, 1.82) is 0 Å². The lowest BCUT2D eigenvalue weighted by Gasteiger charge is -2.12. The predicted molar refractivity (Wildman–Crippen MR) is 65.2 cm³/mol. The third-order valence-electron chi connectivity index (χ3n) is 2.63. The SMILES string of the molecule is CCc1cccc(CC)c1C(=O)NCC(=O)O. The molecular formula is C13H17NO3. The molecule has 2 N–H and O–H groups in total. The predicted octanol–water partition coefficient (Wildman–Crippen LogP) is 1.63. The fourth-order valence-corrected chi connectivity index (χ4v) is 1.78. The van der Waals surface area contributed by atoms with Gasteiger partial charge in [0.15, 0.2) is 0 Å². The molecule has 0 aliphatic carbocycles. The maximum absolute atomic E-state index is 11.9. The number of nitrogens with one attached hydrogen (secondary N) is 1. The van der Waals surface area contributed by atoms with E-state index in [1.807, 2.05) is 32.0 Å². The molecule has 17 heavy (non-hydrogen) atoms. The normalized spacial score (nSPS) is 10.0. The second kappa shape index (κ2) is 6.03. The van der Waals surface area contributed by atoms with Crippen LogP contribution in [0.5, 0.6) is 0 Å². The molecule has 0 aliphatic heterocycles. The molecule has 0 atom stereocenters. The number of aryl methyl sites for hydroxylation is 2. The van der Waals surface area contributed by atoms with Crippen molar-refractivity contribution >= 4 is 11.9 Å². The van der Waals surface area contributed by atoms with Gasteiger partial charge in [0.2, 0.25) is 0 Å². The van der Waals surface area contributed by atoms with E-state index >= 15 is 0 Å². The van der Waals surface area contributed by atoms with Crippen molar-refractivity contribution in [3.63, 3.8) is 0 Å². The lowest BCUT2D eigenvalue weighted by Crippen LogP contribution is -2.30. The molecule has 0 saturated carbocycles. The molecule has 1 amide bonds. The van der Waals surface area contributed by atoms with Crippen LogP contribution >= 0.6 is 0 Å². The van der Waals surface area contributed by atoms with Gasteiger partial charge < -0.3 is 10.4 Å². The average Bonchev–Trinajstić information content (AvgIpc) is 2.34. The quantitative estimate of drug-likeness (QED) is 0.815. The van der Waals surface area contributed by atoms with Crippen LogP contribution < -0.4 is 5.32 Å². The molecule has 4 nitrogen and oxygen atoms in total. The summed E-state index contributed by atoms with van der Waals surface area (Å²) in [5, 5.41) is 11.0. The van der Waals surface area contributed by atoms with E-state index in [0.29, 0.717) is 5.56 Å². The molecule has 92 valence electrons. The molecule has 4 heteroatoms. The molecule has 1 aromatic carbocycles. The number of aliphatic carboxylic acids is 1. The molecule has 0 bridgehead atoms. The van der Waals surface area contributed by atoms with Gasteiger partial charge in [-0.25, -0.2) is 0 Å². The van der Waals surface area contributed by atoms with E-state index in [-0.39, 0.29) is 12.5 Å². The van der Waals surface area contributed by atoms with Crippen LogP contribution in [0.25, 0.3) is 0 Å². The molecule has 0 spiro atoms. The van der Waals surface area contributed by atoms with Crippen molar-refractivity contribution in [3.8, 4) is 0 Å². The Morgan fingerprint density at radius 1 is 1.18 bits per heavy atom. The zero-order chi connectivity index (χ0) is 12.8. The number of hydrogen-bond donors (Lipinski definition) is 2. The Labute approximate surface area is 101 Å². The minimum absolute atomic E-state index is 0.304. The summed E-state index contributed by atoms with van der Waals surface area (Å²) in [4.78, 5) is 22.4. The number of hydrogen-bond acceptors (Lipinski definition) is 2. The maximum Gasteiger partial charge on any atom is 0.322 e. The summed E-state index contributed by atoms with van der Waals surface area (Å²) < 4.78 is 0. The number of carboxylic acid groups (broad SMARTS) is 1. The van der Waals surface area contributed by atoms with Crippen LogP contribution in [0.3, 0.4) is 0 Å². The van der Waals surface area contributed by atoms with E-state index in [1.54, 1.807) is 0 Å². The first-order valence-corrected chi connectivity index (χ1v) is 5.70. The highest BCUT2D eigenvalue weighted by molar-refractivity contribution is 5.98. The van der Waals surface area contributed by atoms with E-state index in [4.69, 9.17) is 5.11 Å². The molecule has 1 rings (SSSR count). The summed E-state index contributed by atoms with van der Waals surface area (Å²) in [5.41, 5.74) is 2.53. The Kier molecular flexibility index (Phi) is 4.69. The average molecular weight is 235 g/mol. The molecule has 0 aliphatic rings. The van der Waals surface area contributed by atoms with Crippen molar-refractivity contribution in [2.24, 2.45) is 0 Å². The van der Waals surface area contributed by atoms with Gasteiger partial charge in [-0.3, -0.25) is 9.59 Å². The topological polar surface area (TPSA) is 66.4 Å². The monoisotopic (exact) mass is 235 g/mol. The Morgan fingerprint density at radius 2 is 1.71 bits per heavy atom. The molecule has 0 fully saturated rings. The van der Waals surface area contributed by atoms with Crippen LogP contribution in [0, 0.1) is 0 Å². The van der Waals surface area contributed by atoms with Crippen molar-refractivity contribution in [1.82, 2.24) is 5.32 Å². The van der Waals surface area contributed by atoms with Crippen LogP contribution in [0.15, 0.2) is 18.2 Å². The highest BCUT2D eigenvalue weighted by Crippen LogP contribution is 2.16. The third kappa shape index (κ3) is 3.31.